The number of fused-ring (bicyclic) bond motifs is 1. The second-order valence-electron chi connectivity index (χ2n) is 6.69. The molecule has 0 atom stereocenters. The van der Waals surface area contributed by atoms with Crippen molar-refractivity contribution in [2.75, 3.05) is 6.61 Å². The number of halogens is 2. The maximum atomic E-state index is 12.9. The molecule has 1 aromatic heterocycles. The number of aryl methyl sites for hydroxylation is 1. The van der Waals surface area contributed by atoms with Crippen molar-refractivity contribution in [3.63, 3.8) is 0 Å². The van der Waals surface area contributed by atoms with Crippen LogP contribution in [-0.4, -0.2) is 34.6 Å². The average molecular weight is 493 g/mol. The fourth-order valence-electron chi connectivity index (χ4n) is 2.70. The fraction of sp³-hybridized carbons (Fsp3) is 0.238. The van der Waals surface area contributed by atoms with Crippen LogP contribution < -0.4 is 10.3 Å². The van der Waals surface area contributed by atoms with E-state index in [4.69, 9.17) is 21.1 Å². The molecule has 3 rings (SSSR count). The first-order valence-electron chi connectivity index (χ1n) is 9.09. The number of ether oxygens (including phenoxy) is 2. The zero-order valence-electron chi connectivity index (χ0n) is 16.6. The first-order chi connectivity index (χ1) is 14.2. The molecule has 156 valence electrons. The predicted octanol–water partition coefficient (Wildman–Crippen LogP) is 4.33. The van der Waals surface area contributed by atoms with Crippen LogP contribution in [-0.2, 0) is 9.53 Å². The van der Waals surface area contributed by atoms with Gasteiger partial charge in [0.2, 0.25) is 0 Å². The highest BCUT2D eigenvalue weighted by Gasteiger charge is 2.11. The summed E-state index contributed by atoms with van der Waals surface area (Å²) in [5, 5.41) is 5.17. The molecule has 30 heavy (non-hydrogen) atoms. The third kappa shape index (κ3) is 5.25. The Morgan fingerprint density at radius 1 is 1.30 bits per heavy atom. The minimum atomic E-state index is -0.487. The number of hydrogen-bond acceptors (Lipinski definition) is 6. The Hall–Kier alpha value is -2.71. The quantitative estimate of drug-likeness (QED) is 0.378. The molecule has 0 fully saturated rings. The molecule has 0 aliphatic carbocycles. The first kappa shape index (κ1) is 22.0. The maximum absolute atomic E-state index is 12.9. The zero-order chi connectivity index (χ0) is 21.8. The van der Waals surface area contributed by atoms with Crippen LogP contribution in [0.5, 0.6) is 5.75 Å². The van der Waals surface area contributed by atoms with Crippen molar-refractivity contribution in [2.45, 2.75) is 26.9 Å². The van der Waals surface area contributed by atoms with E-state index in [-0.39, 0.29) is 18.3 Å². The minimum Gasteiger partial charge on any atom is -0.481 e. The maximum Gasteiger partial charge on any atom is 0.344 e. The molecule has 9 heteroatoms. The standard InChI is InChI=1S/C21H19BrClN3O4/c1-12(2)30-20(27)11-29-19-7-5-16(23)8-14(19)10-24-26-13(3)25-18-6-4-15(22)9-17(18)21(26)28/h4-10,12H,11H2,1-3H3. The SMILES string of the molecule is Cc1nc2ccc(Br)cc2c(=O)n1N=Cc1cc(Cl)ccc1OCC(=O)OC(C)C. The molecule has 0 radical (unpaired) electrons. The first-order valence-corrected chi connectivity index (χ1v) is 10.3. The highest BCUT2D eigenvalue weighted by molar-refractivity contribution is 9.10. The van der Waals surface area contributed by atoms with Crippen LogP contribution in [0, 0.1) is 6.92 Å². The van der Waals surface area contributed by atoms with Gasteiger partial charge in [-0.2, -0.15) is 9.78 Å². The van der Waals surface area contributed by atoms with Gasteiger partial charge in [-0.15, -0.1) is 0 Å². The van der Waals surface area contributed by atoms with Crippen LogP contribution in [0.25, 0.3) is 10.9 Å². The second kappa shape index (κ2) is 9.40. The van der Waals surface area contributed by atoms with Gasteiger partial charge in [-0.1, -0.05) is 27.5 Å². The highest BCUT2D eigenvalue weighted by Crippen LogP contribution is 2.22. The van der Waals surface area contributed by atoms with Gasteiger partial charge in [0.1, 0.15) is 11.6 Å². The summed E-state index contributed by atoms with van der Waals surface area (Å²) in [5.41, 5.74) is 0.781. The molecule has 0 saturated carbocycles. The number of rotatable bonds is 6. The summed E-state index contributed by atoms with van der Waals surface area (Å²) in [6.07, 6.45) is 1.21. The third-order valence-corrected chi connectivity index (χ3v) is 4.70. The number of aromatic nitrogens is 2. The number of hydrogen-bond donors (Lipinski definition) is 0. The van der Waals surface area contributed by atoms with Gasteiger partial charge in [-0.05, 0) is 57.2 Å². The number of nitrogens with zero attached hydrogens (tertiary/aromatic N) is 3. The molecule has 2 aromatic carbocycles. The molecule has 3 aromatic rings. The van der Waals surface area contributed by atoms with Crippen molar-refractivity contribution >= 4 is 50.6 Å². The van der Waals surface area contributed by atoms with Crippen LogP contribution in [0.1, 0.15) is 25.2 Å². The summed E-state index contributed by atoms with van der Waals surface area (Å²) in [6, 6.07) is 10.2. The van der Waals surface area contributed by atoms with E-state index < -0.39 is 5.97 Å². The Balaban J connectivity index is 1.93. The summed E-state index contributed by atoms with van der Waals surface area (Å²) in [5.74, 6) is 0.321. The van der Waals surface area contributed by atoms with Crippen LogP contribution in [0.15, 0.2) is 50.8 Å². The van der Waals surface area contributed by atoms with Crippen molar-refractivity contribution in [1.82, 2.24) is 9.66 Å². The zero-order valence-corrected chi connectivity index (χ0v) is 18.9. The molecule has 1 heterocycles. The Kier molecular flexibility index (Phi) is 6.89. The average Bonchev–Trinajstić information content (AvgIpc) is 2.67. The molecule has 0 spiro atoms. The van der Waals surface area contributed by atoms with Crippen LogP contribution >= 0.6 is 27.5 Å². The molecular formula is C21H19BrClN3O4. The molecule has 0 bridgehead atoms. The second-order valence-corrected chi connectivity index (χ2v) is 8.04. The van der Waals surface area contributed by atoms with Gasteiger partial charge >= 0.3 is 5.97 Å². The van der Waals surface area contributed by atoms with E-state index in [1.807, 2.05) is 6.07 Å². The summed E-state index contributed by atoms with van der Waals surface area (Å²) >= 11 is 9.46. The Bertz CT molecular complexity index is 1190. The third-order valence-electron chi connectivity index (χ3n) is 3.97. The Morgan fingerprint density at radius 2 is 2.07 bits per heavy atom. The number of esters is 1. The van der Waals surface area contributed by atoms with Crippen LogP contribution in [0.3, 0.4) is 0 Å². The molecule has 0 unspecified atom stereocenters. The Morgan fingerprint density at radius 3 is 2.80 bits per heavy atom. The molecule has 0 saturated heterocycles. The molecule has 0 amide bonds. The van der Waals surface area contributed by atoms with Gasteiger partial charge in [0.25, 0.3) is 5.56 Å². The monoisotopic (exact) mass is 491 g/mol. The van der Waals surface area contributed by atoms with Gasteiger partial charge in [-0.3, -0.25) is 4.79 Å². The van der Waals surface area contributed by atoms with E-state index in [2.05, 4.69) is 26.0 Å². The lowest BCUT2D eigenvalue weighted by molar-refractivity contribution is -0.149. The summed E-state index contributed by atoms with van der Waals surface area (Å²) in [6.45, 7) is 4.95. The largest absolute Gasteiger partial charge is 0.481 e. The normalized spacial score (nSPS) is 11.4. The van der Waals surface area contributed by atoms with Gasteiger partial charge in [-0.25, -0.2) is 9.78 Å². The van der Waals surface area contributed by atoms with Gasteiger partial charge in [0.15, 0.2) is 6.61 Å². The van der Waals surface area contributed by atoms with E-state index in [0.717, 1.165) is 4.47 Å². The molecule has 0 N–H and O–H groups in total. The molecule has 0 aliphatic heterocycles. The van der Waals surface area contributed by atoms with Crippen LogP contribution in [0.2, 0.25) is 5.02 Å². The Labute approximate surface area is 186 Å². The molecule has 7 nitrogen and oxygen atoms in total. The van der Waals surface area contributed by atoms with Gasteiger partial charge < -0.3 is 9.47 Å². The highest BCUT2D eigenvalue weighted by atomic mass is 79.9. The van der Waals surface area contributed by atoms with Crippen molar-refractivity contribution in [2.24, 2.45) is 5.10 Å². The lowest BCUT2D eigenvalue weighted by Gasteiger charge is -2.11. The number of benzene rings is 2. The summed E-state index contributed by atoms with van der Waals surface area (Å²) in [4.78, 5) is 29.1. The smallest absolute Gasteiger partial charge is 0.344 e. The summed E-state index contributed by atoms with van der Waals surface area (Å²) in [7, 11) is 0. The number of carbonyl (C=O) groups excluding carboxylic acids is 1. The molecular weight excluding hydrogens is 474 g/mol. The lowest BCUT2D eigenvalue weighted by Crippen LogP contribution is -2.21. The molecule has 0 aliphatic rings. The van der Waals surface area contributed by atoms with E-state index in [9.17, 15) is 9.59 Å². The fourth-order valence-corrected chi connectivity index (χ4v) is 3.24. The minimum absolute atomic E-state index is 0.234. The van der Waals surface area contributed by atoms with Gasteiger partial charge in [0.05, 0.1) is 23.2 Å². The van der Waals surface area contributed by atoms with Gasteiger partial charge in [0, 0.05) is 15.1 Å². The van der Waals surface area contributed by atoms with Crippen molar-refractivity contribution in [3.8, 4) is 5.75 Å². The van der Waals surface area contributed by atoms with E-state index in [0.29, 0.717) is 33.1 Å². The number of carbonyl (C=O) groups is 1. The van der Waals surface area contributed by atoms with Crippen molar-refractivity contribution in [1.29, 1.82) is 0 Å². The van der Waals surface area contributed by atoms with Crippen molar-refractivity contribution in [3.05, 3.63) is 67.6 Å². The topological polar surface area (TPSA) is 82.8 Å². The lowest BCUT2D eigenvalue weighted by atomic mass is 10.2. The van der Waals surface area contributed by atoms with E-state index in [1.165, 1.54) is 10.9 Å². The van der Waals surface area contributed by atoms with Crippen molar-refractivity contribution < 1.29 is 14.3 Å². The predicted molar refractivity (Wildman–Crippen MR) is 120 cm³/mol. The van der Waals surface area contributed by atoms with E-state index >= 15 is 0 Å². The van der Waals surface area contributed by atoms with Crippen LogP contribution in [0.4, 0.5) is 0 Å². The van der Waals surface area contributed by atoms with E-state index in [1.54, 1.807) is 51.1 Å². The summed E-state index contributed by atoms with van der Waals surface area (Å²) < 4.78 is 12.6.